The minimum atomic E-state index is -0.865. The second-order valence-corrected chi connectivity index (χ2v) is 4.57. The molecule has 1 rings (SSSR count). The first-order valence-corrected chi connectivity index (χ1v) is 6.44. The average Bonchev–Trinajstić information content (AvgIpc) is 2.37. The molecule has 0 saturated carbocycles. The Morgan fingerprint density at radius 3 is 2.79 bits per heavy atom. The molecule has 0 fully saturated rings. The number of carboxylic acids is 1. The van der Waals surface area contributed by atoms with Crippen molar-refractivity contribution in [3.8, 4) is 0 Å². The highest BCUT2D eigenvalue weighted by molar-refractivity contribution is 5.79. The van der Waals surface area contributed by atoms with Crippen molar-refractivity contribution >= 4 is 11.9 Å². The zero-order chi connectivity index (χ0) is 14.3. The minimum absolute atomic E-state index is 0.174. The first-order valence-electron chi connectivity index (χ1n) is 6.44. The number of aryl methyl sites for hydroxylation is 1. The van der Waals surface area contributed by atoms with Gasteiger partial charge in [-0.25, -0.2) is 0 Å². The van der Waals surface area contributed by atoms with Gasteiger partial charge in [-0.2, -0.15) is 0 Å². The second kappa shape index (κ2) is 7.51. The quantitative estimate of drug-likeness (QED) is 0.783. The summed E-state index contributed by atoms with van der Waals surface area (Å²) in [6.45, 7) is 4.00. The molecular weight excluding hydrogens is 244 g/mol. The van der Waals surface area contributed by atoms with Crippen molar-refractivity contribution in [2.24, 2.45) is 5.92 Å². The molecule has 1 unspecified atom stereocenters. The summed E-state index contributed by atoms with van der Waals surface area (Å²) in [5, 5.41) is 11.7. The van der Waals surface area contributed by atoms with Gasteiger partial charge in [0, 0.05) is 12.7 Å². The molecule has 0 aliphatic rings. The molecule has 1 atom stereocenters. The molecule has 1 heterocycles. The van der Waals surface area contributed by atoms with Gasteiger partial charge < -0.3 is 10.4 Å². The number of carbonyl (C=O) groups is 2. The van der Waals surface area contributed by atoms with Gasteiger partial charge in [-0.05, 0) is 25.0 Å². The minimum Gasteiger partial charge on any atom is -0.481 e. The highest BCUT2D eigenvalue weighted by atomic mass is 16.4. The van der Waals surface area contributed by atoms with Gasteiger partial charge in [-0.15, -0.1) is 0 Å². The van der Waals surface area contributed by atoms with Crippen molar-refractivity contribution in [2.75, 3.05) is 6.54 Å². The lowest BCUT2D eigenvalue weighted by Crippen LogP contribution is -2.34. The molecular formula is C14H20N2O3. The lowest BCUT2D eigenvalue weighted by Gasteiger charge is -2.12. The molecule has 1 aromatic rings. The smallest absolute Gasteiger partial charge is 0.308 e. The Balaban J connectivity index is 2.47. The Bertz CT molecular complexity index is 446. The van der Waals surface area contributed by atoms with E-state index in [1.165, 1.54) is 0 Å². The van der Waals surface area contributed by atoms with Gasteiger partial charge in [0.05, 0.1) is 18.0 Å². The molecule has 1 amide bonds. The highest BCUT2D eigenvalue weighted by Crippen LogP contribution is 2.06. The predicted octanol–water partition coefficient (Wildman–Crippen LogP) is 1.55. The zero-order valence-corrected chi connectivity index (χ0v) is 11.3. The van der Waals surface area contributed by atoms with E-state index in [0.29, 0.717) is 6.42 Å². The van der Waals surface area contributed by atoms with E-state index in [0.717, 1.165) is 17.7 Å². The number of nitrogens with zero attached hydrogens (tertiary/aromatic N) is 1. The van der Waals surface area contributed by atoms with Crippen LogP contribution in [0.15, 0.2) is 18.3 Å². The number of aliphatic carboxylic acids is 1. The Morgan fingerprint density at radius 1 is 1.47 bits per heavy atom. The molecule has 0 aromatic carbocycles. The van der Waals surface area contributed by atoms with Crippen LogP contribution >= 0.6 is 0 Å². The molecule has 0 aliphatic carbocycles. The zero-order valence-electron chi connectivity index (χ0n) is 11.3. The van der Waals surface area contributed by atoms with Crippen molar-refractivity contribution in [3.05, 3.63) is 29.6 Å². The van der Waals surface area contributed by atoms with Gasteiger partial charge in [0.25, 0.3) is 0 Å². The van der Waals surface area contributed by atoms with Crippen molar-refractivity contribution in [1.29, 1.82) is 0 Å². The molecule has 19 heavy (non-hydrogen) atoms. The summed E-state index contributed by atoms with van der Waals surface area (Å²) >= 11 is 0. The van der Waals surface area contributed by atoms with Crippen LogP contribution in [0.3, 0.4) is 0 Å². The third-order valence-electron chi connectivity index (χ3n) is 2.98. The molecule has 0 radical (unpaired) electrons. The standard InChI is InChI=1S/C14H20N2O3/c1-3-5-11(14(18)19)9-16-13(17)8-12-10(2)6-4-7-15-12/h4,6-7,11H,3,5,8-9H2,1-2H3,(H,16,17)(H,18,19). The molecule has 0 spiro atoms. The third kappa shape index (κ3) is 5.07. The molecule has 104 valence electrons. The second-order valence-electron chi connectivity index (χ2n) is 4.57. The number of rotatable bonds is 7. The average molecular weight is 264 g/mol. The van der Waals surface area contributed by atoms with Crippen molar-refractivity contribution in [1.82, 2.24) is 10.3 Å². The number of aromatic nitrogens is 1. The van der Waals surface area contributed by atoms with Crippen LogP contribution in [0.25, 0.3) is 0 Å². The highest BCUT2D eigenvalue weighted by Gasteiger charge is 2.17. The van der Waals surface area contributed by atoms with E-state index in [4.69, 9.17) is 5.11 Å². The van der Waals surface area contributed by atoms with Gasteiger partial charge in [-0.1, -0.05) is 19.4 Å². The van der Waals surface area contributed by atoms with Crippen molar-refractivity contribution < 1.29 is 14.7 Å². The molecule has 0 aliphatic heterocycles. The van der Waals surface area contributed by atoms with Crippen LogP contribution in [0, 0.1) is 12.8 Å². The number of nitrogens with one attached hydrogen (secondary N) is 1. The third-order valence-corrected chi connectivity index (χ3v) is 2.98. The molecule has 0 bridgehead atoms. The van der Waals surface area contributed by atoms with Crippen molar-refractivity contribution in [2.45, 2.75) is 33.1 Å². The molecule has 0 saturated heterocycles. The summed E-state index contributed by atoms with van der Waals surface area (Å²) in [7, 11) is 0. The SMILES string of the molecule is CCCC(CNC(=O)Cc1ncccc1C)C(=O)O. The Hall–Kier alpha value is -1.91. The summed E-state index contributed by atoms with van der Waals surface area (Å²) in [5.74, 6) is -1.57. The fourth-order valence-corrected chi connectivity index (χ4v) is 1.82. The summed E-state index contributed by atoms with van der Waals surface area (Å²) in [5.41, 5.74) is 1.68. The van der Waals surface area contributed by atoms with E-state index in [2.05, 4.69) is 10.3 Å². The van der Waals surface area contributed by atoms with Gasteiger partial charge in [0.1, 0.15) is 0 Å². The van der Waals surface area contributed by atoms with E-state index in [1.807, 2.05) is 26.0 Å². The maximum absolute atomic E-state index is 11.8. The number of carbonyl (C=O) groups excluding carboxylic acids is 1. The fourth-order valence-electron chi connectivity index (χ4n) is 1.82. The van der Waals surface area contributed by atoms with E-state index in [9.17, 15) is 9.59 Å². The Labute approximate surface area is 113 Å². The maximum atomic E-state index is 11.8. The van der Waals surface area contributed by atoms with Crippen LogP contribution in [0.4, 0.5) is 0 Å². The topological polar surface area (TPSA) is 79.3 Å². The van der Waals surface area contributed by atoms with Crippen LogP contribution in [-0.2, 0) is 16.0 Å². The number of carboxylic acid groups (broad SMARTS) is 1. The Kier molecular flexibility index (Phi) is 5.99. The fraction of sp³-hybridized carbons (Fsp3) is 0.500. The van der Waals surface area contributed by atoms with Crippen molar-refractivity contribution in [3.63, 3.8) is 0 Å². The maximum Gasteiger partial charge on any atom is 0.308 e. The molecule has 1 aromatic heterocycles. The summed E-state index contributed by atoms with van der Waals surface area (Å²) in [6, 6.07) is 3.71. The number of hydrogen-bond donors (Lipinski definition) is 2. The van der Waals surface area contributed by atoms with E-state index in [1.54, 1.807) is 6.20 Å². The monoisotopic (exact) mass is 264 g/mol. The van der Waals surface area contributed by atoms with Gasteiger partial charge in [-0.3, -0.25) is 14.6 Å². The van der Waals surface area contributed by atoms with Gasteiger partial charge in [0.15, 0.2) is 0 Å². The summed E-state index contributed by atoms with van der Waals surface area (Å²) < 4.78 is 0. The largest absolute Gasteiger partial charge is 0.481 e. The number of hydrogen-bond acceptors (Lipinski definition) is 3. The van der Waals surface area contributed by atoms with E-state index >= 15 is 0 Å². The first-order chi connectivity index (χ1) is 9.04. The Morgan fingerprint density at radius 2 is 2.21 bits per heavy atom. The van der Waals surface area contributed by atoms with Crippen LogP contribution in [-0.4, -0.2) is 28.5 Å². The summed E-state index contributed by atoms with van der Waals surface area (Å²) in [4.78, 5) is 26.8. The number of pyridine rings is 1. The summed E-state index contributed by atoms with van der Waals surface area (Å²) in [6.07, 6.45) is 3.18. The molecule has 2 N–H and O–H groups in total. The normalized spacial score (nSPS) is 11.9. The molecule has 5 nitrogen and oxygen atoms in total. The lowest BCUT2D eigenvalue weighted by atomic mass is 10.0. The van der Waals surface area contributed by atoms with Crippen LogP contribution < -0.4 is 5.32 Å². The van der Waals surface area contributed by atoms with Gasteiger partial charge in [0.2, 0.25) is 5.91 Å². The predicted molar refractivity (Wildman–Crippen MR) is 71.7 cm³/mol. The van der Waals surface area contributed by atoms with E-state index in [-0.39, 0.29) is 18.9 Å². The lowest BCUT2D eigenvalue weighted by molar-refractivity contribution is -0.141. The first kappa shape index (κ1) is 15.1. The van der Waals surface area contributed by atoms with Crippen LogP contribution in [0.2, 0.25) is 0 Å². The van der Waals surface area contributed by atoms with E-state index < -0.39 is 11.9 Å². The number of amides is 1. The van der Waals surface area contributed by atoms with Crippen LogP contribution in [0.5, 0.6) is 0 Å². The van der Waals surface area contributed by atoms with Gasteiger partial charge >= 0.3 is 5.97 Å². The molecule has 5 heteroatoms. The van der Waals surface area contributed by atoms with Crippen LogP contribution in [0.1, 0.15) is 31.0 Å².